The van der Waals surface area contributed by atoms with Crippen molar-refractivity contribution in [1.29, 1.82) is 0 Å². The second kappa shape index (κ2) is 14.1. The molecular formula is C19H38NO5+. The fourth-order valence-electron chi connectivity index (χ4n) is 2.81. The number of aliphatic hydroxyl groups excluding tert-OH is 1. The number of unbranched alkanes of at least 4 members (excludes halogenated alkanes) is 8. The normalized spacial score (nSPS) is 12.8. The molecule has 0 aliphatic rings. The van der Waals surface area contributed by atoms with Gasteiger partial charge in [0.05, 0.1) is 27.6 Å². The molecule has 25 heavy (non-hydrogen) atoms. The summed E-state index contributed by atoms with van der Waals surface area (Å²) in [6.07, 6.45) is 9.37. The quantitative estimate of drug-likeness (QED) is 0.251. The zero-order chi connectivity index (χ0) is 19.1. The van der Waals surface area contributed by atoms with Crippen molar-refractivity contribution < 1.29 is 29.0 Å². The number of nitrogens with zero attached hydrogens (tertiary/aromatic N) is 1. The van der Waals surface area contributed by atoms with Gasteiger partial charge in [-0.05, 0) is 12.8 Å². The molecule has 0 radical (unpaired) electrons. The van der Waals surface area contributed by atoms with Crippen molar-refractivity contribution >= 4 is 11.9 Å². The summed E-state index contributed by atoms with van der Waals surface area (Å²) in [4.78, 5) is 22.8. The molecule has 2 N–H and O–H groups in total. The second-order valence-electron chi connectivity index (χ2n) is 7.84. The molecule has 6 nitrogen and oxygen atoms in total. The highest BCUT2D eigenvalue weighted by Crippen LogP contribution is 2.12. The van der Waals surface area contributed by atoms with Crippen molar-refractivity contribution in [3.05, 3.63) is 0 Å². The first-order chi connectivity index (χ1) is 11.7. The van der Waals surface area contributed by atoms with Gasteiger partial charge in [-0.25, -0.2) is 0 Å². The topological polar surface area (TPSA) is 83.8 Å². The van der Waals surface area contributed by atoms with Crippen LogP contribution in [-0.2, 0) is 14.3 Å². The molecule has 0 bridgehead atoms. The molecule has 0 aromatic carbocycles. The van der Waals surface area contributed by atoms with Crippen LogP contribution in [0.1, 0.15) is 70.6 Å². The molecule has 0 aromatic heterocycles. The van der Waals surface area contributed by atoms with Crippen molar-refractivity contribution in [1.82, 2.24) is 0 Å². The smallest absolute Gasteiger partial charge is 0.307 e. The van der Waals surface area contributed by atoms with Crippen LogP contribution in [0.3, 0.4) is 0 Å². The predicted molar refractivity (Wildman–Crippen MR) is 98.3 cm³/mol. The minimum Gasteiger partial charge on any atom is -0.481 e. The number of quaternary nitrogens is 1. The Labute approximate surface area is 152 Å². The van der Waals surface area contributed by atoms with E-state index in [1.807, 2.05) is 21.1 Å². The number of likely N-dealkylation sites (N-methyl/N-ethyl adjacent to an activating group) is 1. The number of carboxylic acids is 1. The van der Waals surface area contributed by atoms with E-state index >= 15 is 0 Å². The molecule has 0 amide bonds. The number of carbonyl (C=O) groups is 2. The molecule has 148 valence electrons. The van der Waals surface area contributed by atoms with E-state index in [-0.39, 0.29) is 19.0 Å². The zero-order valence-electron chi connectivity index (χ0n) is 16.3. The lowest BCUT2D eigenvalue weighted by atomic mass is 10.1. The molecule has 0 saturated carbocycles. The van der Waals surface area contributed by atoms with Crippen LogP contribution in [0.4, 0.5) is 0 Å². The van der Waals surface area contributed by atoms with E-state index in [1.54, 1.807) is 0 Å². The van der Waals surface area contributed by atoms with E-state index in [1.165, 1.54) is 25.7 Å². The van der Waals surface area contributed by atoms with Gasteiger partial charge in [0.15, 0.2) is 6.10 Å². The molecule has 6 heteroatoms. The molecule has 0 saturated heterocycles. The van der Waals surface area contributed by atoms with Crippen LogP contribution >= 0.6 is 0 Å². The lowest BCUT2D eigenvalue weighted by molar-refractivity contribution is -0.873. The van der Waals surface area contributed by atoms with E-state index in [0.717, 1.165) is 32.1 Å². The van der Waals surface area contributed by atoms with E-state index in [0.29, 0.717) is 17.4 Å². The number of carbonyl (C=O) groups excluding carboxylic acids is 1. The molecular weight excluding hydrogens is 322 g/mol. The molecule has 1 atom stereocenters. The molecule has 0 heterocycles. The van der Waals surface area contributed by atoms with Crippen molar-refractivity contribution in [3.8, 4) is 0 Å². The Hall–Kier alpha value is -1.14. The summed E-state index contributed by atoms with van der Waals surface area (Å²) in [5.74, 6) is -1.23. The fraction of sp³-hybridized carbons (Fsp3) is 0.895. The van der Waals surface area contributed by atoms with E-state index in [9.17, 15) is 9.59 Å². The van der Waals surface area contributed by atoms with Gasteiger partial charge >= 0.3 is 11.9 Å². The Balaban J connectivity index is 3.77. The van der Waals surface area contributed by atoms with Gasteiger partial charge in [0.1, 0.15) is 6.54 Å². The first-order valence-corrected chi connectivity index (χ1v) is 9.57. The summed E-state index contributed by atoms with van der Waals surface area (Å²) in [5.41, 5.74) is 0. The molecule has 1 unspecified atom stereocenters. The summed E-state index contributed by atoms with van der Waals surface area (Å²) in [6.45, 7) is 0.784. The third-order valence-electron chi connectivity index (χ3n) is 3.99. The van der Waals surface area contributed by atoms with Gasteiger partial charge in [0.2, 0.25) is 0 Å². The monoisotopic (exact) mass is 360 g/mol. The van der Waals surface area contributed by atoms with Crippen LogP contribution in [0.2, 0.25) is 0 Å². The maximum absolute atomic E-state index is 11.9. The Morgan fingerprint density at radius 1 is 0.880 bits per heavy atom. The number of ether oxygens (including phenoxy) is 1. The molecule has 0 spiro atoms. The molecule has 0 aliphatic heterocycles. The lowest BCUT2D eigenvalue weighted by Crippen LogP contribution is -2.43. The second-order valence-corrected chi connectivity index (χ2v) is 7.84. The maximum Gasteiger partial charge on any atom is 0.307 e. The highest BCUT2D eigenvalue weighted by atomic mass is 16.5. The van der Waals surface area contributed by atoms with E-state index in [2.05, 4.69) is 0 Å². The van der Waals surface area contributed by atoms with Crippen molar-refractivity contribution in [2.24, 2.45) is 0 Å². The zero-order valence-corrected chi connectivity index (χ0v) is 16.3. The number of esters is 1. The predicted octanol–water partition coefficient (Wildman–Crippen LogP) is 2.97. The van der Waals surface area contributed by atoms with Crippen molar-refractivity contribution in [3.63, 3.8) is 0 Å². The summed E-state index contributed by atoms with van der Waals surface area (Å²) >= 11 is 0. The van der Waals surface area contributed by atoms with Gasteiger partial charge < -0.3 is 19.4 Å². The van der Waals surface area contributed by atoms with Crippen LogP contribution in [-0.4, -0.2) is 67.0 Å². The van der Waals surface area contributed by atoms with Gasteiger partial charge in [-0.15, -0.1) is 0 Å². The summed E-state index contributed by atoms with van der Waals surface area (Å²) in [5, 5.41) is 17.6. The van der Waals surface area contributed by atoms with E-state index in [4.69, 9.17) is 14.9 Å². The SMILES string of the molecule is C[N+](C)(C)CC(CC(=O)O)OC(=O)CCCCCCCCCCCO. The summed E-state index contributed by atoms with van der Waals surface area (Å²) in [6, 6.07) is 0. The van der Waals surface area contributed by atoms with Gasteiger partial charge in [0.25, 0.3) is 0 Å². The van der Waals surface area contributed by atoms with Crippen LogP contribution in [0.5, 0.6) is 0 Å². The number of rotatable bonds is 16. The van der Waals surface area contributed by atoms with Gasteiger partial charge in [-0.2, -0.15) is 0 Å². The fourth-order valence-corrected chi connectivity index (χ4v) is 2.81. The van der Waals surface area contributed by atoms with Crippen LogP contribution in [0.25, 0.3) is 0 Å². The van der Waals surface area contributed by atoms with E-state index < -0.39 is 12.1 Å². The largest absolute Gasteiger partial charge is 0.481 e. The number of carboxylic acid groups (broad SMARTS) is 1. The Kier molecular flexibility index (Phi) is 13.4. The summed E-state index contributed by atoms with van der Waals surface area (Å²) < 4.78 is 5.92. The Morgan fingerprint density at radius 2 is 1.36 bits per heavy atom. The lowest BCUT2D eigenvalue weighted by Gasteiger charge is -2.28. The number of aliphatic hydroxyl groups is 1. The van der Waals surface area contributed by atoms with Crippen molar-refractivity contribution in [2.75, 3.05) is 34.3 Å². The first kappa shape index (κ1) is 23.9. The third-order valence-corrected chi connectivity index (χ3v) is 3.99. The van der Waals surface area contributed by atoms with Crippen LogP contribution in [0, 0.1) is 0 Å². The molecule has 0 fully saturated rings. The minimum absolute atomic E-state index is 0.141. The maximum atomic E-state index is 11.9. The number of aliphatic carboxylic acids is 1. The first-order valence-electron chi connectivity index (χ1n) is 9.57. The average molecular weight is 361 g/mol. The minimum atomic E-state index is -0.940. The molecule has 0 rings (SSSR count). The standard InChI is InChI=1S/C19H37NO5/c1-20(2,3)16-17(15-18(22)23)25-19(24)13-11-9-7-5-4-6-8-10-12-14-21/h17,21H,4-16H2,1-3H3/p+1. The molecule has 0 aliphatic carbocycles. The van der Waals surface area contributed by atoms with Gasteiger partial charge in [-0.1, -0.05) is 44.9 Å². The number of hydrogen-bond donors (Lipinski definition) is 2. The van der Waals surface area contributed by atoms with Crippen molar-refractivity contribution in [2.45, 2.75) is 76.7 Å². The number of hydrogen-bond acceptors (Lipinski definition) is 4. The van der Waals surface area contributed by atoms with Crippen LogP contribution in [0.15, 0.2) is 0 Å². The van der Waals surface area contributed by atoms with Gasteiger partial charge in [-0.3, -0.25) is 9.59 Å². The highest BCUT2D eigenvalue weighted by molar-refractivity contribution is 5.71. The molecule has 0 aromatic rings. The van der Waals surface area contributed by atoms with Gasteiger partial charge in [0, 0.05) is 13.0 Å². The highest BCUT2D eigenvalue weighted by Gasteiger charge is 2.24. The average Bonchev–Trinajstić information content (AvgIpc) is 2.46. The Morgan fingerprint density at radius 3 is 1.80 bits per heavy atom. The van der Waals surface area contributed by atoms with Crippen LogP contribution < -0.4 is 0 Å². The summed E-state index contributed by atoms with van der Waals surface area (Å²) in [7, 11) is 5.85. The Bertz CT molecular complexity index is 365. The third kappa shape index (κ3) is 17.5.